The lowest BCUT2D eigenvalue weighted by atomic mass is 10.1. The Morgan fingerprint density at radius 1 is 1.38 bits per heavy atom. The van der Waals surface area contributed by atoms with Gasteiger partial charge in [-0.3, -0.25) is 0 Å². The first kappa shape index (κ1) is 10.9. The number of pyridine rings is 1. The highest BCUT2D eigenvalue weighted by Gasteiger charge is 2.19. The molecule has 1 saturated heterocycles. The summed E-state index contributed by atoms with van der Waals surface area (Å²) in [6, 6.07) is 2.67. The summed E-state index contributed by atoms with van der Waals surface area (Å²) in [6.07, 6.45) is 3.95. The Hall–Kier alpha value is -1.65. The quantitative estimate of drug-likeness (QED) is 0.734. The molecule has 0 unspecified atom stereocenters. The Morgan fingerprint density at radius 3 is 2.81 bits per heavy atom. The van der Waals surface area contributed by atoms with Gasteiger partial charge in [-0.05, 0) is 31.4 Å². The van der Waals surface area contributed by atoms with Crippen molar-refractivity contribution in [1.82, 2.24) is 9.88 Å². The van der Waals surface area contributed by atoms with Gasteiger partial charge in [0.2, 0.25) is 0 Å². The molecule has 16 heavy (non-hydrogen) atoms. The lowest BCUT2D eigenvalue weighted by molar-refractivity contribution is 0.139. The molecule has 1 aliphatic heterocycles. The molecule has 0 radical (unpaired) electrons. The van der Waals surface area contributed by atoms with E-state index in [9.17, 15) is 9.18 Å². The minimum Gasteiger partial charge on any atom is -0.388 e. The Kier molecular flexibility index (Phi) is 3.34. The monoisotopic (exact) mass is 224 g/mol. The molecular formula is C11H13FN2O2. The molecule has 4 nitrogen and oxygen atoms in total. The molecule has 0 N–H and O–H groups in total. The fourth-order valence-corrected chi connectivity index (χ4v) is 1.67. The fraction of sp³-hybridized carbons (Fsp3) is 0.455. The maximum absolute atomic E-state index is 13.2. The van der Waals surface area contributed by atoms with E-state index in [1.807, 2.05) is 0 Å². The van der Waals surface area contributed by atoms with Gasteiger partial charge in [0.25, 0.3) is 5.88 Å². The summed E-state index contributed by atoms with van der Waals surface area (Å²) in [6.45, 7) is 1.35. The van der Waals surface area contributed by atoms with Gasteiger partial charge in [-0.25, -0.2) is 14.2 Å². The van der Waals surface area contributed by atoms with Gasteiger partial charge in [0.15, 0.2) is 5.82 Å². The third kappa shape index (κ3) is 2.48. The van der Waals surface area contributed by atoms with Crippen LogP contribution in [0.3, 0.4) is 0 Å². The van der Waals surface area contributed by atoms with E-state index in [2.05, 4.69) is 4.98 Å². The average molecular weight is 224 g/mol. The van der Waals surface area contributed by atoms with Crippen molar-refractivity contribution in [2.45, 2.75) is 19.3 Å². The Labute approximate surface area is 93.0 Å². The number of piperidine rings is 1. The van der Waals surface area contributed by atoms with Crippen LogP contribution in [0, 0.1) is 5.82 Å². The molecule has 0 bridgehead atoms. The molecule has 1 aliphatic rings. The van der Waals surface area contributed by atoms with E-state index in [1.54, 1.807) is 4.90 Å². The van der Waals surface area contributed by atoms with Crippen molar-refractivity contribution < 1.29 is 13.9 Å². The first-order chi connectivity index (χ1) is 7.77. The van der Waals surface area contributed by atoms with Crippen LogP contribution in [0.2, 0.25) is 0 Å². The van der Waals surface area contributed by atoms with Crippen LogP contribution >= 0.6 is 0 Å². The Bertz CT molecular complexity index is 378. The second kappa shape index (κ2) is 4.92. The van der Waals surface area contributed by atoms with Gasteiger partial charge in [0.1, 0.15) is 0 Å². The van der Waals surface area contributed by atoms with Crippen molar-refractivity contribution in [3.8, 4) is 5.88 Å². The van der Waals surface area contributed by atoms with Crippen molar-refractivity contribution in [3.05, 3.63) is 24.1 Å². The zero-order chi connectivity index (χ0) is 11.4. The van der Waals surface area contributed by atoms with Gasteiger partial charge < -0.3 is 9.64 Å². The van der Waals surface area contributed by atoms with E-state index in [4.69, 9.17) is 4.74 Å². The zero-order valence-corrected chi connectivity index (χ0v) is 8.86. The predicted molar refractivity (Wildman–Crippen MR) is 55.6 cm³/mol. The molecule has 5 heteroatoms. The lowest BCUT2D eigenvalue weighted by Gasteiger charge is -2.25. The second-order valence-electron chi connectivity index (χ2n) is 3.71. The van der Waals surface area contributed by atoms with Crippen molar-refractivity contribution >= 4 is 6.09 Å². The van der Waals surface area contributed by atoms with Crippen LogP contribution in [0.25, 0.3) is 0 Å². The number of carbonyl (C=O) groups is 1. The second-order valence-corrected chi connectivity index (χ2v) is 3.71. The number of aromatic nitrogens is 1. The number of hydrogen-bond acceptors (Lipinski definition) is 3. The summed E-state index contributed by atoms with van der Waals surface area (Å²) < 4.78 is 18.0. The molecule has 1 aromatic rings. The van der Waals surface area contributed by atoms with E-state index < -0.39 is 11.9 Å². The van der Waals surface area contributed by atoms with E-state index in [0.717, 1.165) is 19.3 Å². The van der Waals surface area contributed by atoms with E-state index >= 15 is 0 Å². The highest BCUT2D eigenvalue weighted by Crippen LogP contribution is 2.15. The molecular weight excluding hydrogens is 211 g/mol. The number of amides is 1. The molecule has 2 heterocycles. The zero-order valence-electron chi connectivity index (χ0n) is 8.86. The smallest absolute Gasteiger partial charge is 0.388 e. The molecule has 0 aliphatic carbocycles. The third-order valence-electron chi connectivity index (χ3n) is 2.52. The molecule has 1 aromatic heterocycles. The largest absolute Gasteiger partial charge is 0.416 e. The van der Waals surface area contributed by atoms with Crippen molar-refractivity contribution in [2.75, 3.05) is 13.1 Å². The summed E-state index contributed by atoms with van der Waals surface area (Å²) in [7, 11) is 0. The fourth-order valence-electron chi connectivity index (χ4n) is 1.67. The van der Waals surface area contributed by atoms with Crippen LogP contribution < -0.4 is 4.74 Å². The first-order valence-corrected chi connectivity index (χ1v) is 5.34. The van der Waals surface area contributed by atoms with Crippen LogP contribution in [0.1, 0.15) is 19.3 Å². The topological polar surface area (TPSA) is 42.4 Å². The van der Waals surface area contributed by atoms with Crippen molar-refractivity contribution in [1.29, 1.82) is 0 Å². The van der Waals surface area contributed by atoms with Crippen LogP contribution in [0.15, 0.2) is 18.3 Å². The van der Waals surface area contributed by atoms with Gasteiger partial charge in [-0.1, -0.05) is 0 Å². The minimum absolute atomic E-state index is 0.252. The maximum Gasteiger partial charge on any atom is 0.416 e. The van der Waals surface area contributed by atoms with Gasteiger partial charge in [-0.2, -0.15) is 0 Å². The van der Waals surface area contributed by atoms with Crippen LogP contribution in [0.4, 0.5) is 9.18 Å². The number of rotatable bonds is 1. The van der Waals surface area contributed by atoms with Crippen LogP contribution in [-0.2, 0) is 0 Å². The highest BCUT2D eigenvalue weighted by atomic mass is 19.1. The van der Waals surface area contributed by atoms with E-state index in [1.165, 1.54) is 18.3 Å². The van der Waals surface area contributed by atoms with Gasteiger partial charge in [-0.15, -0.1) is 0 Å². The van der Waals surface area contributed by atoms with Gasteiger partial charge in [0, 0.05) is 19.3 Å². The summed E-state index contributed by atoms with van der Waals surface area (Å²) in [5, 5.41) is 0. The van der Waals surface area contributed by atoms with E-state index in [-0.39, 0.29) is 5.88 Å². The van der Waals surface area contributed by atoms with Crippen LogP contribution in [-0.4, -0.2) is 29.1 Å². The van der Waals surface area contributed by atoms with Gasteiger partial charge >= 0.3 is 6.09 Å². The van der Waals surface area contributed by atoms with Gasteiger partial charge in [0.05, 0.1) is 0 Å². The number of likely N-dealkylation sites (tertiary alicyclic amines) is 1. The Morgan fingerprint density at radius 2 is 2.12 bits per heavy atom. The molecule has 0 aromatic carbocycles. The molecule has 86 valence electrons. The SMILES string of the molecule is O=C(Oc1ncccc1F)N1CCCCC1. The number of halogens is 1. The summed E-state index contributed by atoms with van der Waals surface area (Å²) in [5.74, 6) is -0.870. The molecule has 1 amide bonds. The summed E-state index contributed by atoms with van der Waals surface area (Å²) in [4.78, 5) is 16.9. The number of hydrogen-bond donors (Lipinski definition) is 0. The van der Waals surface area contributed by atoms with E-state index in [0.29, 0.717) is 13.1 Å². The molecule has 0 atom stereocenters. The lowest BCUT2D eigenvalue weighted by Crippen LogP contribution is -2.37. The van der Waals surface area contributed by atoms with Crippen molar-refractivity contribution in [2.24, 2.45) is 0 Å². The standard InChI is InChI=1S/C11H13FN2O2/c12-9-5-4-6-13-10(9)16-11(15)14-7-2-1-3-8-14/h4-6H,1-3,7-8H2. The summed E-state index contributed by atoms with van der Waals surface area (Å²) in [5.41, 5.74) is 0. The summed E-state index contributed by atoms with van der Waals surface area (Å²) >= 11 is 0. The maximum atomic E-state index is 13.2. The molecule has 0 spiro atoms. The molecule has 2 rings (SSSR count). The third-order valence-corrected chi connectivity index (χ3v) is 2.52. The van der Waals surface area contributed by atoms with Crippen LogP contribution in [0.5, 0.6) is 5.88 Å². The Balaban J connectivity index is 1.99. The number of carbonyl (C=O) groups excluding carboxylic acids is 1. The number of ether oxygens (including phenoxy) is 1. The van der Waals surface area contributed by atoms with Crippen molar-refractivity contribution in [3.63, 3.8) is 0 Å². The number of nitrogens with zero attached hydrogens (tertiary/aromatic N) is 2. The molecule has 0 saturated carbocycles. The average Bonchev–Trinajstić information content (AvgIpc) is 2.33. The first-order valence-electron chi connectivity index (χ1n) is 5.34. The highest BCUT2D eigenvalue weighted by molar-refractivity contribution is 5.70. The molecule has 1 fully saturated rings. The minimum atomic E-state index is -0.618. The predicted octanol–water partition coefficient (Wildman–Crippen LogP) is 2.21. The normalized spacial score (nSPS) is 15.9.